The highest BCUT2D eigenvalue weighted by atomic mass is 35.5. The fourth-order valence-electron chi connectivity index (χ4n) is 5.62. The number of para-hydroxylation sites is 1. The van der Waals surface area contributed by atoms with Crippen LogP contribution in [0.4, 0.5) is 5.69 Å². The van der Waals surface area contributed by atoms with E-state index in [2.05, 4.69) is 68.0 Å². The second-order valence-corrected chi connectivity index (χ2v) is 9.67. The molecule has 0 radical (unpaired) electrons. The molecule has 0 aliphatic carbocycles. The van der Waals surface area contributed by atoms with Crippen molar-refractivity contribution in [2.24, 2.45) is 0 Å². The zero-order valence-electron chi connectivity index (χ0n) is 19.0. The molecule has 2 aliphatic heterocycles. The number of aromatic amines is 1. The first-order valence-electron chi connectivity index (χ1n) is 11.2. The fraction of sp³-hybridized carbons (Fsp3) is 0.462. The number of H-pyrrole nitrogens is 1. The summed E-state index contributed by atoms with van der Waals surface area (Å²) >= 11 is 0. The number of likely N-dealkylation sites (tertiary alicyclic amines) is 1. The van der Waals surface area contributed by atoms with E-state index in [0.29, 0.717) is 5.92 Å². The number of piperidine rings is 1. The Bertz CT molecular complexity index is 1070. The first-order chi connectivity index (χ1) is 14.4. The van der Waals surface area contributed by atoms with Crippen molar-refractivity contribution >= 4 is 29.0 Å². The number of hydrogen-bond acceptors (Lipinski definition) is 3. The van der Waals surface area contributed by atoms with Crippen molar-refractivity contribution in [3.63, 3.8) is 0 Å². The van der Waals surface area contributed by atoms with Crippen LogP contribution in [0.2, 0.25) is 0 Å². The highest BCUT2D eigenvalue weighted by Crippen LogP contribution is 2.44. The molecule has 0 bridgehead atoms. The predicted molar refractivity (Wildman–Crippen MR) is 132 cm³/mol. The fourth-order valence-corrected chi connectivity index (χ4v) is 5.62. The molecule has 3 heterocycles. The van der Waals surface area contributed by atoms with Gasteiger partial charge in [0.05, 0.1) is 0 Å². The molecule has 2 aliphatic rings. The summed E-state index contributed by atoms with van der Waals surface area (Å²) in [5.74, 6) is 1.72. The van der Waals surface area contributed by atoms with Gasteiger partial charge in [-0.25, -0.2) is 0 Å². The lowest BCUT2D eigenvalue weighted by Gasteiger charge is -2.37. The first kappa shape index (κ1) is 22.0. The molecule has 166 valence electrons. The lowest BCUT2D eigenvalue weighted by Crippen LogP contribution is -2.47. The maximum atomic E-state index is 6.60. The maximum absolute atomic E-state index is 6.60. The third-order valence-electron chi connectivity index (χ3n) is 7.54. The Labute approximate surface area is 191 Å². The van der Waals surface area contributed by atoms with Gasteiger partial charge in [-0.1, -0.05) is 18.2 Å². The number of fused-ring (bicyclic) bond motifs is 2. The molecule has 5 rings (SSSR count). The van der Waals surface area contributed by atoms with Gasteiger partial charge in [0.2, 0.25) is 0 Å². The summed E-state index contributed by atoms with van der Waals surface area (Å²) in [6.45, 7) is 11.9. The standard InChI is InChI=1S/C26H33N3O.ClH/c1-16-17(2)25-21(18(3)24(16)27)13-26(4,30-25)15-29-11-9-19(10-12-29)22-14-28-23-8-6-5-7-20(22)23;/h5-8,14,19,28H,9-13,15,27H2,1-4H3;1H. The summed E-state index contributed by atoms with van der Waals surface area (Å²) in [7, 11) is 0. The molecule has 3 N–H and O–H groups in total. The normalized spacial score (nSPS) is 21.7. The van der Waals surface area contributed by atoms with Crippen molar-refractivity contribution in [1.29, 1.82) is 0 Å². The van der Waals surface area contributed by atoms with Crippen LogP contribution < -0.4 is 10.5 Å². The van der Waals surface area contributed by atoms with Gasteiger partial charge in [0, 0.05) is 41.3 Å². The van der Waals surface area contributed by atoms with E-state index in [-0.39, 0.29) is 18.0 Å². The molecular formula is C26H34ClN3O. The van der Waals surface area contributed by atoms with Crippen molar-refractivity contribution < 1.29 is 4.74 Å². The number of nitrogens with zero attached hydrogens (tertiary/aromatic N) is 1. The number of hydrogen-bond donors (Lipinski definition) is 2. The Morgan fingerprint density at radius 2 is 1.81 bits per heavy atom. The predicted octanol–water partition coefficient (Wildman–Crippen LogP) is 5.67. The summed E-state index contributed by atoms with van der Waals surface area (Å²) in [4.78, 5) is 6.04. The SMILES string of the molecule is Cc1c(C)c2c(c(C)c1N)CC(C)(CN1CCC(c3c[nH]c4ccccc34)CC1)O2.Cl. The third kappa shape index (κ3) is 3.70. The monoisotopic (exact) mass is 439 g/mol. The van der Waals surface area contributed by atoms with Crippen molar-refractivity contribution in [3.05, 3.63) is 58.3 Å². The molecule has 0 spiro atoms. The van der Waals surface area contributed by atoms with Crippen LogP contribution in [0.15, 0.2) is 30.5 Å². The van der Waals surface area contributed by atoms with E-state index in [1.807, 2.05) is 0 Å². The second-order valence-electron chi connectivity index (χ2n) is 9.67. The number of anilines is 1. The van der Waals surface area contributed by atoms with Gasteiger partial charge in [-0.2, -0.15) is 0 Å². The van der Waals surface area contributed by atoms with Gasteiger partial charge in [0.25, 0.3) is 0 Å². The molecule has 31 heavy (non-hydrogen) atoms. The number of ether oxygens (including phenoxy) is 1. The molecule has 0 amide bonds. The number of rotatable bonds is 3. The average molecular weight is 440 g/mol. The van der Waals surface area contributed by atoms with Gasteiger partial charge >= 0.3 is 0 Å². The van der Waals surface area contributed by atoms with Crippen LogP contribution in [0.25, 0.3) is 10.9 Å². The van der Waals surface area contributed by atoms with Crippen LogP contribution >= 0.6 is 12.4 Å². The summed E-state index contributed by atoms with van der Waals surface area (Å²) in [6, 6.07) is 8.66. The maximum Gasteiger partial charge on any atom is 0.127 e. The molecule has 1 unspecified atom stereocenters. The number of aromatic nitrogens is 1. The molecule has 1 fully saturated rings. The van der Waals surface area contributed by atoms with Gasteiger partial charge in [-0.3, -0.25) is 4.90 Å². The molecule has 4 nitrogen and oxygen atoms in total. The van der Waals surface area contributed by atoms with E-state index in [9.17, 15) is 0 Å². The number of nitrogens with two attached hydrogens (primary N) is 1. The van der Waals surface area contributed by atoms with Crippen LogP contribution in [-0.4, -0.2) is 35.1 Å². The van der Waals surface area contributed by atoms with Crippen molar-refractivity contribution in [1.82, 2.24) is 9.88 Å². The van der Waals surface area contributed by atoms with Crippen LogP contribution in [-0.2, 0) is 6.42 Å². The average Bonchev–Trinajstić information content (AvgIpc) is 3.33. The van der Waals surface area contributed by atoms with Gasteiger partial charge < -0.3 is 15.5 Å². The Hall–Kier alpha value is -2.17. The lowest BCUT2D eigenvalue weighted by atomic mass is 9.88. The quantitative estimate of drug-likeness (QED) is 0.517. The summed E-state index contributed by atoms with van der Waals surface area (Å²) < 4.78 is 6.60. The molecular weight excluding hydrogens is 406 g/mol. The largest absolute Gasteiger partial charge is 0.485 e. The zero-order valence-corrected chi connectivity index (χ0v) is 19.9. The van der Waals surface area contributed by atoms with Gasteiger partial charge in [0.1, 0.15) is 11.4 Å². The van der Waals surface area contributed by atoms with E-state index < -0.39 is 0 Å². The van der Waals surface area contributed by atoms with E-state index in [4.69, 9.17) is 10.5 Å². The summed E-state index contributed by atoms with van der Waals surface area (Å²) in [5.41, 5.74) is 14.7. The molecule has 1 atom stereocenters. The minimum Gasteiger partial charge on any atom is -0.485 e. The van der Waals surface area contributed by atoms with Crippen LogP contribution in [0.5, 0.6) is 5.75 Å². The van der Waals surface area contributed by atoms with Crippen molar-refractivity contribution in [2.75, 3.05) is 25.4 Å². The minimum absolute atomic E-state index is 0. The van der Waals surface area contributed by atoms with Crippen LogP contribution in [0.3, 0.4) is 0 Å². The van der Waals surface area contributed by atoms with E-state index >= 15 is 0 Å². The topological polar surface area (TPSA) is 54.3 Å². The molecule has 0 saturated carbocycles. The number of halogens is 1. The van der Waals surface area contributed by atoms with Crippen LogP contribution in [0, 0.1) is 20.8 Å². The van der Waals surface area contributed by atoms with Gasteiger partial charge in [0.15, 0.2) is 0 Å². The number of nitrogen functional groups attached to an aromatic ring is 1. The Kier molecular flexibility index (Phi) is 5.74. The van der Waals surface area contributed by atoms with Crippen molar-refractivity contribution in [3.8, 4) is 5.75 Å². The second kappa shape index (κ2) is 8.07. The van der Waals surface area contributed by atoms with Crippen LogP contribution in [0.1, 0.15) is 53.5 Å². The Morgan fingerprint density at radius 1 is 1.10 bits per heavy atom. The zero-order chi connectivity index (χ0) is 21.0. The number of nitrogens with one attached hydrogen (secondary N) is 1. The minimum atomic E-state index is -0.175. The smallest absolute Gasteiger partial charge is 0.127 e. The summed E-state index contributed by atoms with van der Waals surface area (Å²) in [5, 5.41) is 1.39. The molecule has 5 heteroatoms. The first-order valence-corrected chi connectivity index (χ1v) is 11.2. The highest BCUT2D eigenvalue weighted by Gasteiger charge is 2.40. The van der Waals surface area contributed by atoms with E-state index in [1.165, 1.54) is 46.0 Å². The van der Waals surface area contributed by atoms with Gasteiger partial charge in [-0.15, -0.1) is 12.4 Å². The van der Waals surface area contributed by atoms with E-state index in [1.54, 1.807) is 0 Å². The third-order valence-corrected chi connectivity index (χ3v) is 7.54. The van der Waals surface area contributed by atoms with Crippen molar-refractivity contribution in [2.45, 2.75) is 58.5 Å². The molecule has 1 aromatic heterocycles. The van der Waals surface area contributed by atoms with E-state index in [0.717, 1.165) is 43.1 Å². The Morgan fingerprint density at radius 3 is 2.55 bits per heavy atom. The lowest BCUT2D eigenvalue weighted by molar-refractivity contribution is 0.0524. The molecule has 1 saturated heterocycles. The summed E-state index contributed by atoms with van der Waals surface area (Å²) in [6.07, 6.45) is 5.58. The molecule has 3 aromatic rings. The molecule has 2 aromatic carbocycles. The van der Waals surface area contributed by atoms with Gasteiger partial charge in [-0.05, 0) is 87.9 Å². The number of benzene rings is 2. The highest BCUT2D eigenvalue weighted by molar-refractivity contribution is 5.85. The Balaban J connectivity index is 0.00000231.